The molecule has 2 aromatic rings. The third-order valence-electron chi connectivity index (χ3n) is 8.53. The minimum atomic E-state index is -2.80. The van der Waals surface area contributed by atoms with E-state index in [1.165, 1.54) is 63.0 Å². The molecule has 3 rings (SSSR count). The molecule has 0 radical (unpaired) electrons. The number of carbonyl (C=O) groups is 1. The Balaban J connectivity index is 2.10. The van der Waals surface area contributed by atoms with Crippen molar-refractivity contribution in [1.82, 2.24) is 4.90 Å². The van der Waals surface area contributed by atoms with Crippen LogP contribution < -0.4 is 9.47 Å². The summed E-state index contributed by atoms with van der Waals surface area (Å²) >= 11 is -2.80. The molecule has 1 fully saturated rings. The second-order valence-electron chi connectivity index (χ2n) is 11.3. The van der Waals surface area contributed by atoms with Gasteiger partial charge in [0.25, 0.3) is 0 Å². The van der Waals surface area contributed by atoms with Crippen molar-refractivity contribution < 1.29 is 14.3 Å². The van der Waals surface area contributed by atoms with Crippen LogP contribution in [0.25, 0.3) is 3.59 Å². The maximum atomic E-state index is 13.3. The van der Waals surface area contributed by atoms with Gasteiger partial charge in [0, 0.05) is 0 Å². The number of nitrogens with zero attached hydrogens (tertiary/aromatic N) is 1. The number of carbonyl (C=O) groups excluding carboxylic acids is 1. The van der Waals surface area contributed by atoms with Crippen LogP contribution in [-0.4, -0.2) is 49.4 Å². The van der Waals surface area contributed by atoms with Crippen LogP contribution in [0.5, 0.6) is 11.5 Å². The summed E-state index contributed by atoms with van der Waals surface area (Å²) in [5, 5.41) is 0. The summed E-state index contributed by atoms with van der Waals surface area (Å²) in [4.78, 5) is 15.4. The average Bonchev–Trinajstić information content (AvgIpc) is 3.30. The van der Waals surface area contributed by atoms with Gasteiger partial charge in [-0.15, -0.1) is 0 Å². The van der Waals surface area contributed by atoms with Crippen molar-refractivity contribution in [3.8, 4) is 11.5 Å². The van der Waals surface area contributed by atoms with Gasteiger partial charge in [-0.3, -0.25) is 0 Å². The number of aryl methyl sites for hydroxylation is 1. The first-order valence-corrected chi connectivity index (χ1v) is 22.7. The van der Waals surface area contributed by atoms with E-state index in [0.29, 0.717) is 13.0 Å². The summed E-state index contributed by atoms with van der Waals surface area (Å²) in [6.07, 6.45) is 11.8. The summed E-state index contributed by atoms with van der Waals surface area (Å²) in [5.41, 5.74) is 3.75. The average molecular weight is 640 g/mol. The van der Waals surface area contributed by atoms with E-state index in [0.717, 1.165) is 23.5 Å². The van der Waals surface area contributed by atoms with Gasteiger partial charge in [-0.05, 0) is 0 Å². The normalized spacial score (nSPS) is 16.2. The number of benzene rings is 2. The Hall–Kier alpha value is -1.95. The topological polar surface area (TPSA) is 38.8 Å². The van der Waals surface area contributed by atoms with Crippen LogP contribution in [0.1, 0.15) is 88.8 Å². The first-order valence-electron chi connectivity index (χ1n) is 15.2. The molecule has 0 aromatic heterocycles. The summed E-state index contributed by atoms with van der Waals surface area (Å²) in [5.74, 6) is 1.79. The number of hydrogen-bond acceptors (Lipinski definition) is 3. The number of methoxy groups -OCH3 is 2. The van der Waals surface area contributed by atoms with E-state index in [1.54, 1.807) is 17.8 Å². The fourth-order valence-electron chi connectivity index (χ4n) is 6.13. The molecule has 1 aliphatic rings. The van der Waals surface area contributed by atoms with Crippen molar-refractivity contribution in [3.05, 3.63) is 65.2 Å². The van der Waals surface area contributed by atoms with E-state index in [-0.39, 0.29) is 11.9 Å². The van der Waals surface area contributed by atoms with Crippen LogP contribution in [0, 0.1) is 6.92 Å². The molecule has 0 saturated carbocycles. The Kier molecular flexibility index (Phi) is 12.7. The zero-order chi connectivity index (χ0) is 28.3. The van der Waals surface area contributed by atoms with Gasteiger partial charge in [0.2, 0.25) is 0 Å². The van der Waals surface area contributed by atoms with Gasteiger partial charge in [0.1, 0.15) is 0 Å². The fraction of sp³-hybridized carbons (Fsp3) is 0.559. The predicted molar refractivity (Wildman–Crippen MR) is 167 cm³/mol. The Morgan fingerprint density at radius 3 is 2.08 bits per heavy atom. The van der Waals surface area contributed by atoms with E-state index >= 15 is 0 Å². The molecular formula is C34H51NO3Sn. The van der Waals surface area contributed by atoms with Gasteiger partial charge in [-0.1, -0.05) is 0 Å². The Morgan fingerprint density at radius 1 is 0.923 bits per heavy atom. The van der Waals surface area contributed by atoms with E-state index in [2.05, 4.69) is 62.9 Å². The molecule has 0 aliphatic carbocycles. The second kappa shape index (κ2) is 15.7. The Morgan fingerprint density at radius 2 is 1.54 bits per heavy atom. The van der Waals surface area contributed by atoms with Gasteiger partial charge in [-0.25, -0.2) is 0 Å². The van der Waals surface area contributed by atoms with Crippen LogP contribution in [0.15, 0.2) is 48.5 Å². The molecule has 2 aromatic carbocycles. The molecule has 1 atom stereocenters. The van der Waals surface area contributed by atoms with Crippen LogP contribution >= 0.6 is 0 Å². The number of likely N-dealkylation sites (tertiary alicyclic amines) is 1. The van der Waals surface area contributed by atoms with Gasteiger partial charge < -0.3 is 0 Å². The Labute approximate surface area is 242 Å². The standard InChI is InChI=1S/C22H24NO3.3C4H9.Sn/c1-16-4-6-17(7-5-16)8-10-19-11-13-22(24)23(19)15-18-9-12-20(25-2)14-21(18)26-3;3*1-3-4-2;/h4-7,9-10,12,14,19H,11,13,15H2,1-3H3;3*1,3-4H2,2H3;/t19-;;;;/m0..../s1. The molecule has 214 valence electrons. The van der Waals surface area contributed by atoms with Crippen molar-refractivity contribution in [2.45, 2.75) is 105 Å². The summed E-state index contributed by atoms with van der Waals surface area (Å²) < 4.78 is 17.0. The number of unbranched alkanes of at least 4 members (excludes halogenated alkanes) is 3. The van der Waals surface area contributed by atoms with Crippen molar-refractivity contribution >= 4 is 27.9 Å². The van der Waals surface area contributed by atoms with Crippen molar-refractivity contribution in [1.29, 1.82) is 0 Å². The predicted octanol–water partition coefficient (Wildman–Crippen LogP) is 8.98. The van der Waals surface area contributed by atoms with Gasteiger partial charge in [0.15, 0.2) is 0 Å². The quantitative estimate of drug-likeness (QED) is 0.172. The number of hydrogen-bond donors (Lipinski definition) is 0. The molecule has 0 bridgehead atoms. The van der Waals surface area contributed by atoms with Gasteiger partial charge >= 0.3 is 243 Å². The number of rotatable bonds is 16. The molecule has 1 amide bonds. The number of amides is 1. The molecule has 0 spiro atoms. The molecule has 5 heteroatoms. The van der Waals surface area contributed by atoms with Crippen molar-refractivity contribution in [2.24, 2.45) is 0 Å². The zero-order valence-electron chi connectivity index (χ0n) is 25.4. The van der Waals surface area contributed by atoms with Crippen molar-refractivity contribution in [3.63, 3.8) is 0 Å². The monoisotopic (exact) mass is 641 g/mol. The SMILES string of the molecule is CCC[CH2][Sn]([CH2]CCC)([CH2]CCC)/[C](=C/[C@H]1CCC(=O)N1Cc1ccc(OC)cc1OC)c1ccc(C)cc1. The molecule has 1 aliphatic heterocycles. The summed E-state index contributed by atoms with van der Waals surface area (Å²) in [6, 6.07) is 15.3. The molecule has 0 N–H and O–H groups in total. The molecule has 39 heavy (non-hydrogen) atoms. The minimum absolute atomic E-state index is 0.126. The molecule has 4 nitrogen and oxygen atoms in total. The van der Waals surface area contributed by atoms with E-state index < -0.39 is 18.4 Å². The van der Waals surface area contributed by atoms with Gasteiger partial charge in [-0.2, -0.15) is 0 Å². The molecule has 1 heterocycles. The van der Waals surface area contributed by atoms with Gasteiger partial charge in [0.05, 0.1) is 0 Å². The van der Waals surface area contributed by atoms with E-state index in [1.807, 2.05) is 18.2 Å². The summed E-state index contributed by atoms with van der Waals surface area (Å²) in [7, 11) is 3.36. The Bertz CT molecular complexity index is 1060. The van der Waals surface area contributed by atoms with Crippen LogP contribution in [-0.2, 0) is 11.3 Å². The van der Waals surface area contributed by atoms with E-state index in [9.17, 15) is 4.79 Å². The third kappa shape index (κ3) is 8.28. The second-order valence-corrected chi connectivity index (χ2v) is 24.5. The van der Waals surface area contributed by atoms with Crippen LogP contribution in [0.3, 0.4) is 0 Å². The zero-order valence-corrected chi connectivity index (χ0v) is 28.2. The number of ether oxygens (including phenoxy) is 2. The van der Waals surface area contributed by atoms with Crippen LogP contribution in [0.4, 0.5) is 0 Å². The van der Waals surface area contributed by atoms with Crippen LogP contribution in [0.2, 0.25) is 13.3 Å². The molecule has 0 unspecified atom stereocenters. The molecule has 1 saturated heterocycles. The first-order chi connectivity index (χ1) is 18.9. The first kappa shape index (κ1) is 31.6. The third-order valence-corrected chi connectivity index (χ3v) is 24.3. The maximum absolute atomic E-state index is 13.3. The molecular weight excluding hydrogens is 589 g/mol. The van der Waals surface area contributed by atoms with Crippen molar-refractivity contribution in [2.75, 3.05) is 14.2 Å². The van der Waals surface area contributed by atoms with E-state index in [4.69, 9.17) is 9.47 Å². The summed E-state index contributed by atoms with van der Waals surface area (Å²) in [6.45, 7) is 9.76. The fourth-order valence-corrected chi connectivity index (χ4v) is 23.2.